The summed E-state index contributed by atoms with van der Waals surface area (Å²) >= 11 is 0. The number of nitrogens with one attached hydrogen (secondary N) is 1. The van der Waals surface area contributed by atoms with Crippen LogP contribution in [0.15, 0.2) is 84.0 Å². The van der Waals surface area contributed by atoms with Gasteiger partial charge in [-0.2, -0.15) is 0 Å². The largest absolute Gasteiger partial charge is 0.294 e. The second-order valence-electron chi connectivity index (χ2n) is 4.10. The smallest absolute Gasteiger partial charge is 0.261 e. The van der Waals surface area contributed by atoms with E-state index in [4.69, 9.17) is 0 Å². The molecule has 1 aromatic carbocycles. The third-order valence-corrected chi connectivity index (χ3v) is 3.95. The molecule has 110 valence electrons. The molecule has 0 radical (unpaired) electrons. The Kier molecular flexibility index (Phi) is 5.87. The lowest BCUT2D eigenvalue weighted by molar-refractivity contribution is -0.113. The van der Waals surface area contributed by atoms with Crippen molar-refractivity contribution in [3.05, 3.63) is 79.1 Å². The molecule has 0 aliphatic heterocycles. The van der Waals surface area contributed by atoms with E-state index < -0.39 is 10.0 Å². The standard InChI is InChI=1S/C16H17NO3S/c1-4-6-12-16(15(5-2)13(3)18)17-21(19,20)14-10-8-7-9-11-14/h4-12,17H,1-2H2,3H3/b12-6-,16-15-. The van der Waals surface area contributed by atoms with Crippen molar-refractivity contribution in [2.45, 2.75) is 11.8 Å². The van der Waals surface area contributed by atoms with Crippen molar-refractivity contribution in [1.82, 2.24) is 4.72 Å². The van der Waals surface area contributed by atoms with Gasteiger partial charge in [0.25, 0.3) is 10.0 Å². The highest BCUT2D eigenvalue weighted by molar-refractivity contribution is 7.89. The molecule has 0 unspecified atom stereocenters. The second kappa shape index (κ2) is 7.40. The van der Waals surface area contributed by atoms with Crippen LogP contribution in [0.4, 0.5) is 0 Å². The van der Waals surface area contributed by atoms with Crippen molar-refractivity contribution < 1.29 is 13.2 Å². The maximum atomic E-state index is 12.3. The first-order valence-electron chi connectivity index (χ1n) is 6.17. The number of carbonyl (C=O) groups is 1. The summed E-state index contributed by atoms with van der Waals surface area (Å²) in [5, 5.41) is 0. The fourth-order valence-corrected chi connectivity index (χ4v) is 2.69. The molecule has 0 saturated heterocycles. The van der Waals surface area contributed by atoms with E-state index in [1.807, 2.05) is 0 Å². The van der Waals surface area contributed by atoms with Gasteiger partial charge in [-0.05, 0) is 25.1 Å². The van der Waals surface area contributed by atoms with Crippen LogP contribution >= 0.6 is 0 Å². The van der Waals surface area contributed by atoms with Gasteiger partial charge in [-0.15, -0.1) is 0 Å². The van der Waals surface area contributed by atoms with Gasteiger partial charge in [-0.1, -0.05) is 49.6 Å². The molecule has 1 aromatic rings. The number of Topliss-reactive ketones (excluding diaryl/α,β-unsaturated/α-hetero) is 1. The molecule has 0 bridgehead atoms. The van der Waals surface area contributed by atoms with E-state index in [0.717, 1.165) is 0 Å². The van der Waals surface area contributed by atoms with E-state index in [-0.39, 0.29) is 21.9 Å². The van der Waals surface area contributed by atoms with Crippen LogP contribution in [0, 0.1) is 0 Å². The summed E-state index contributed by atoms with van der Waals surface area (Å²) in [6.07, 6.45) is 5.80. The summed E-state index contributed by atoms with van der Waals surface area (Å²) < 4.78 is 27.0. The molecule has 0 aromatic heterocycles. The van der Waals surface area contributed by atoms with Gasteiger partial charge in [0.05, 0.1) is 10.6 Å². The molecule has 0 fully saturated rings. The van der Waals surface area contributed by atoms with Crippen molar-refractivity contribution in [3.8, 4) is 0 Å². The average Bonchev–Trinajstić information content (AvgIpc) is 2.45. The molecule has 0 amide bonds. The number of rotatable bonds is 7. The van der Waals surface area contributed by atoms with Gasteiger partial charge in [-0.3, -0.25) is 9.52 Å². The number of carbonyl (C=O) groups excluding carboxylic acids is 1. The Morgan fingerprint density at radius 2 is 1.81 bits per heavy atom. The predicted molar refractivity (Wildman–Crippen MR) is 84.0 cm³/mol. The first kappa shape index (κ1) is 16.7. The number of hydrogen-bond acceptors (Lipinski definition) is 3. The molecular weight excluding hydrogens is 286 g/mol. The predicted octanol–water partition coefficient (Wildman–Crippen LogP) is 2.74. The highest BCUT2D eigenvalue weighted by atomic mass is 32.2. The van der Waals surface area contributed by atoms with E-state index in [9.17, 15) is 13.2 Å². The van der Waals surface area contributed by atoms with E-state index in [1.54, 1.807) is 18.2 Å². The lowest BCUT2D eigenvalue weighted by Gasteiger charge is -2.11. The Balaban J connectivity index is 3.31. The van der Waals surface area contributed by atoms with Crippen LogP contribution < -0.4 is 4.72 Å². The van der Waals surface area contributed by atoms with Crippen molar-refractivity contribution in [2.24, 2.45) is 0 Å². The van der Waals surface area contributed by atoms with E-state index >= 15 is 0 Å². The molecule has 4 nitrogen and oxygen atoms in total. The zero-order valence-corrected chi connectivity index (χ0v) is 12.6. The molecule has 0 spiro atoms. The highest BCUT2D eigenvalue weighted by Gasteiger charge is 2.16. The number of ketones is 1. The summed E-state index contributed by atoms with van der Waals surface area (Å²) in [6.45, 7) is 8.40. The van der Waals surface area contributed by atoms with Gasteiger partial charge < -0.3 is 0 Å². The van der Waals surface area contributed by atoms with Gasteiger partial charge in [0.1, 0.15) is 0 Å². The van der Waals surface area contributed by atoms with Crippen molar-refractivity contribution in [2.75, 3.05) is 0 Å². The summed E-state index contributed by atoms with van der Waals surface area (Å²) in [7, 11) is -3.77. The zero-order valence-electron chi connectivity index (χ0n) is 11.7. The van der Waals surface area contributed by atoms with E-state index in [0.29, 0.717) is 0 Å². The maximum absolute atomic E-state index is 12.3. The van der Waals surface area contributed by atoms with Crippen LogP contribution in [-0.4, -0.2) is 14.2 Å². The number of sulfonamides is 1. The van der Waals surface area contributed by atoms with Crippen molar-refractivity contribution in [3.63, 3.8) is 0 Å². The Labute approximate surface area is 125 Å². The lowest BCUT2D eigenvalue weighted by Crippen LogP contribution is -2.24. The molecular formula is C16H17NO3S. The second-order valence-corrected chi connectivity index (χ2v) is 5.78. The zero-order chi connectivity index (χ0) is 15.9. The molecule has 21 heavy (non-hydrogen) atoms. The minimum absolute atomic E-state index is 0.112. The van der Waals surface area contributed by atoms with Gasteiger partial charge in [0.15, 0.2) is 5.78 Å². The van der Waals surface area contributed by atoms with Crippen molar-refractivity contribution in [1.29, 1.82) is 0 Å². The van der Waals surface area contributed by atoms with Crippen LogP contribution in [-0.2, 0) is 14.8 Å². The Hall–Kier alpha value is -2.40. The minimum atomic E-state index is -3.77. The Morgan fingerprint density at radius 1 is 1.19 bits per heavy atom. The SMILES string of the molecule is C=C/C=C\C(NS(=O)(=O)c1ccccc1)=C(/C=C)C(C)=O. The third-order valence-electron chi connectivity index (χ3n) is 2.57. The Bertz CT molecular complexity index is 698. The summed E-state index contributed by atoms with van der Waals surface area (Å²) in [5.41, 5.74) is 0.342. The molecule has 0 aliphatic carbocycles. The van der Waals surface area contributed by atoms with E-state index in [2.05, 4.69) is 17.9 Å². The monoisotopic (exact) mass is 303 g/mol. The molecule has 5 heteroatoms. The minimum Gasteiger partial charge on any atom is -0.294 e. The summed E-state index contributed by atoms with van der Waals surface area (Å²) in [6, 6.07) is 7.91. The fraction of sp³-hybridized carbons (Fsp3) is 0.0625. The van der Waals surface area contributed by atoms with Crippen LogP contribution in [0.25, 0.3) is 0 Å². The lowest BCUT2D eigenvalue weighted by atomic mass is 10.1. The van der Waals surface area contributed by atoms with Crippen LogP contribution in [0.3, 0.4) is 0 Å². The van der Waals surface area contributed by atoms with Crippen LogP contribution in [0.5, 0.6) is 0 Å². The normalized spacial score (nSPS) is 12.6. The molecule has 0 heterocycles. The van der Waals surface area contributed by atoms with Gasteiger partial charge in [-0.25, -0.2) is 8.42 Å². The first-order chi connectivity index (χ1) is 9.92. The number of hydrogen-bond donors (Lipinski definition) is 1. The molecule has 0 aliphatic rings. The molecule has 1 N–H and O–H groups in total. The van der Waals surface area contributed by atoms with E-state index in [1.165, 1.54) is 43.4 Å². The third kappa shape index (κ3) is 4.57. The Morgan fingerprint density at radius 3 is 2.29 bits per heavy atom. The average molecular weight is 303 g/mol. The topological polar surface area (TPSA) is 63.2 Å². The summed E-state index contributed by atoms with van der Waals surface area (Å²) in [5.74, 6) is -0.288. The first-order valence-corrected chi connectivity index (χ1v) is 7.65. The van der Waals surface area contributed by atoms with Gasteiger partial charge in [0, 0.05) is 5.57 Å². The quantitative estimate of drug-likeness (QED) is 0.622. The van der Waals surface area contributed by atoms with Crippen LogP contribution in [0.2, 0.25) is 0 Å². The van der Waals surface area contributed by atoms with Crippen molar-refractivity contribution >= 4 is 15.8 Å². The molecule has 0 atom stereocenters. The molecule has 1 rings (SSSR count). The van der Waals surface area contributed by atoms with Gasteiger partial charge >= 0.3 is 0 Å². The number of benzene rings is 1. The van der Waals surface area contributed by atoms with Crippen LogP contribution in [0.1, 0.15) is 6.92 Å². The summed E-state index contributed by atoms with van der Waals surface area (Å²) in [4.78, 5) is 11.7. The maximum Gasteiger partial charge on any atom is 0.261 e. The fourth-order valence-electron chi connectivity index (χ4n) is 1.59. The van der Waals surface area contributed by atoms with Gasteiger partial charge in [0.2, 0.25) is 0 Å². The highest BCUT2D eigenvalue weighted by Crippen LogP contribution is 2.13. The molecule has 0 saturated carbocycles. The number of allylic oxidation sites excluding steroid dienone is 5.